The third kappa shape index (κ3) is 4.53. The largest absolute Gasteiger partial charge is 0.486 e. The van der Waals surface area contributed by atoms with Crippen molar-refractivity contribution in [2.75, 3.05) is 20.3 Å². The molecule has 0 aromatic heterocycles. The SMILES string of the molecule is CNS(=O)(=O)Cc1ccc(CNC(=O)c2ccc3c(c2)OCCO3)cc1. The fourth-order valence-corrected chi connectivity index (χ4v) is 3.29. The second-order valence-electron chi connectivity index (χ2n) is 5.82. The number of nitrogens with one attached hydrogen (secondary N) is 2. The van der Waals surface area contributed by atoms with Gasteiger partial charge in [0.2, 0.25) is 10.0 Å². The van der Waals surface area contributed by atoms with E-state index in [2.05, 4.69) is 10.0 Å². The van der Waals surface area contributed by atoms with Gasteiger partial charge in [-0.25, -0.2) is 13.1 Å². The number of benzene rings is 2. The third-order valence-electron chi connectivity index (χ3n) is 3.95. The van der Waals surface area contributed by atoms with Crippen molar-refractivity contribution in [3.05, 3.63) is 59.2 Å². The zero-order valence-corrected chi connectivity index (χ0v) is 15.1. The van der Waals surface area contributed by atoms with Crippen LogP contribution >= 0.6 is 0 Å². The predicted octanol–water partition coefficient (Wildman–Crippen LogP) is 1.44. The molecule has 0 saturated carbocycles. The Morgan fingerprint density at radius 2 is 1.65 bits per heavy atom. The average Bonchev–Trinajstić information content (AvgIpc) is 2.66. The molecule has 0 spiro atoms. The molecular formula is C18H20N2O5S. The molecule has 0 fully saturated rings. The van der Waals surface area contributed by atoms with Crippen LogP contribution in [-0.4, -0.2) is 34.6 Å². The zero-order valence-electron chi connectivity index (χ0n) is 14.3. The van der Waals surface area contributed by atoms with E-state index in [0.29, 0.717) is 42.4 Å². The van der Waals surface area contributed by atoms with Gasteiger partial charge in [0.15, 0.2) is 11.5 Å². The van der Waals surface area contributed by atoms with E-state index in [1.54, 1.807) is 42.5 Å². The summed E-state index contributed by atoms with van der Waals surface area (Å²) in [5.41, 5.74) is 2.05. The molecule has 26 heavy (non-hydrogen) atoms. The zero-order chi connectivity index (χ0) is 18.6. The second-order valence-corrected chi connectivity index (χ2v) is 7.75. The highest BCUT2D eigenvalue weighted by Gasteiger charge is 2.15. The Morgan fingerprint density at radius 3 is 2.35 bits per heavy atom. The smallest absolute Gasteiger partial charge is 0.251 e. The topological polar surface area (TPSA) is 93.7 Å². The molecule has 0 radical (unpaired) electrons. The minimum atomic E-state index is -3.30. The molecule has 3 rings (SSSR count). The quantitative estimate of drug-likeness (QED) is 0.796. The van der Waals surface area contributed by atoms with Gasteiger partial charge >= 0.3 is 0 Å². The molecule has 0 saturated heterocycles. The highest BCUT2D eigenvalue weighted by Crippen LogP contribution is 2.30. The summed E-state index contributed by atoms with van der Waals surface area (Å²) < 4.78 is 36.3. The summed E-state index contributed by atoms with van der Waals surface area (Å²) >= 11 is 0. The Balaban J connectivity index is 1.59. The summed E-state index contributed by atoms with van der Waals surface area (Å²) in [6.45, 7) is 1.31. The fourth-order valence-electron chi connectivity index (χ4n) is 2.51. The van der Waals surface area contributed by atoms with E-state index in [-0.39, 0.29) is 11.7 Å². The first-order valence-corrected chi connectivity index (χ1v) is 9.79. The van der Waals surface area contributed by atoms with E-state index in [4.69, 9.17) is 9.47 Å². The lowest BCUT2D eigenvalue weighted by molar-refractivity contribution is 0.0949. The maximum atomic E-state index is 12.3. The van der Waals surface area contributed by atoms with Crippen LogP contribution in [-0.2, 0) is 22.3 Å². The van der Waals surface area contributed by atoms with Gasteiger partial charge in [-0.2, -0.15) is 0 Å². The molecule has 2 N–H and O–H groups in total. The normalized spacial score (nSPS) is 13.3. The molecule has 1 aliphatic rings. The van der Waals surface area contributed by atoms with Crippen molar-refractivity contribution in [3.8, 4) is 11.5 Å². The number of amides is 1. The first kappa shape index (κ1) is 18.2. The summed E-state index contributed by atoms with van der Waals surface area (Å²) in [5.74, 6) is 0.913. The van der Waals surface area contributed by atoms with Gasteiger partial charge in [-0.15, -0.1) is 0 Å². The number of rotatable bonds is 6. The van der Waals surface area contributed by atoms with Crippen LogP contribution in [0.5, 0.6) is 11.5 Å². The predicted molar refractivity (Wildman–Crippen MR) is 96.7 cm³/mol. The number of sulfonamides is 1. The lowest BCUT2D eigenvalue weighted by atomic mass is 10.1. The maximum Gasteiger partial charge on any atom is 0.251 e. The Morgan fingerprint density at radius 1 is 1.00 bits per heavy atom. The van der Waals surface area contributed by atoms with E-state index in [9.17, 15) is 13.2 Å². The van der Waals surface area contributed by atoms with Crippen LogP contribution in [0.2, 0.25) is 0 Å². The molecule has 2 aromatic rings. The van der Waals surface area contributed by atoms with E-state index < -0.39 is 10.0 Å². The van der Waals surface area contributed by atoms with Crippen LogP contribution in [0.3, 0.4) is 0 Å². The monoisotopic (exact) mass is 376 g/mol. The molecule has 0 aliphatic carbocycles. The number of carbonyl (C=O) groups excluding carboxylic acids is 1. The molecule has 8 heteroatoms. The fraction of sp³-hybridized carbons (Fsp3) is 0.278. The molecule has 0 unspecified atom stereocenters. The molecular weight excluding hydrogens is 356 g/mol. The second kappa shape index (κ2) is 7.76. The highest BCUT2D eigenvalue weighted by atomic mass is 32.2. The summed E-state index contributed by atoms with van der Waals surface area (Å²) in [5, 5.41) is 2.84. The van der Waals surface area contributed by atoms with Gasteiger partial charge in [0.1, 0.15) is 13.2 Å². The summed E-state index contributed by atoms with van der Waals surface area (Å²) in [6.07, 6.45) is 0. The Kier molecular flexibility index (Phi) is 5.43. The average molecular weight is 376 g/mol. The molecule has 0 atom stereocenters. The van der Waals surface area contributed by atoms with Crippen molar-refractivity contribution in [2.45, 2.75) is 12.3 Å². The first-order chi connectivity index (χ1) is 12.5. The Labute approximate surface area is 152 Å². The lowest BCUT2D eigenvalue weighted by Crippen LogP contribution is -2.23. The van der Waals surface area contributed by atoms with Gasteiger partial charge in [-0.3, -0.25) is 4.79 Å². The standard InChI is InChI=1S/C18H20N2O5S/c1-19-26(22,23)12-14-4-2-13(3-5-14)11-20-18(21)15-6-7-16-17(10-15)25-9-8-24-16/h2-7,10,19H,8-9,11-12H2,1H3,(H,20,21). The minimum Gasteiger partial charge on any atom is -0.486 e. The number of hydrogen-bond donors (Lipinski definition) is 2. The number of ether oxygens (including phenoxy) is 2. The van der Waals surface area contributed by atoms with Crippen LogP contribution < -0.4 is 19.5 Å². The molecule has 138 valence electrons. The lowest BCUT2D eigenvalue weighted by Gasteiger charge is -2.18. The third-order valence-corrected chi connectivity index (χ3v) is 5.28. The van der Waals surface area contributed by atoms with Gasteiger partial charge in [0.05, 0.1) is 5.75 Å². The number of carbonyl (C=O) groups is 1. The molecule has 1 heterocycles. The van der Waals surface area contributed by atoms with Crippen LogP contribution in [0.15, 0.2) is 42.5 Å². The van der Waals surface area contributed by atoms with E-state index in [1.165, 1.54) is 7.05 Å². The Hall–Kier alpha value is -2.58. The van der Waals surface area contributed by atoms with E-state index in [0.717, 1.165) is 5.56 Å². The molecule has 2 aromatic carbocycles. The first-order valence-electron chi connectivity index (χ1n) is 8.14. The van der Waals surface area contributed by atoms with Gasteiger partial charge < -0.3 is 14.8 Å². The maximum absolute atomic E-state index is 12.3. The summed E-state index contributed by atoms with van der Waals surface area (Å²) in [4.78, 5) is 12.3. The van der Waals surface area contributed by atoms with Crippen molar-refractivity contribution in [1.29, 1.82) is 0 Å². The van der Waals surface area contributed by atoms with Crippen molar-refractivity contribution < 1.29 is 22.7 Å². The number of hydrogen-bond acceptors (Lipinski definition) is 5. The van der Waals surface area contributed by atoms with Crippen LogP contribution in [0, 0.1) is 0 Å². The Bertz CT molecular complexity index is 894. The van der Waals surface area contributed by atoms with Crippen LogP contribution in [0.4, 0.5) is 0 Å². The summed E-state index contributed by atoms with van der Waals surface area (Å²) in [6, 6.07) is 12.1. The highest BCUT2D eigenvalue weighted by molar-refractivity contribution is 7.88. The number of fused-ring (bicyclic) bond motifs is 1. The van der Waals surface area contributed by atoms with Crippen molar-refractivity contribution >= 4 is 15.9 Å². The van der Waals surface area contributed by atoms with Crippen molar-refractivity contribution in [1.82, 2.24) is 10.0 Å². The van der Waals surface area contributed by atoms with Gasteiger partial charge in [-0.05, 0) is 36.4 Å². The molecule has 1 amide bonds. The summed E-state index contributed by atoms with van der Waals surface area (Å²) in [7, 11) is -1.91. The van der Waals surface area contributed by atoms with Gasteiger partial charge in [0.25, 0.3) is 5.91 Å². The van der Waals surface area contributed by atoms with Crippen LogP contribution in [0.25, 0.3) is 0 Å². The molecule has 7 nitrogen and oxygen atoms in total. The van der Waals surface area contributed by atoms with Gasteiger partial charge in [-0.1, -0.05) is 24.3 Å². The molecule has 0 bridgehead atoms. The van der Waals surface area contributed by atoms with Crippen molar-refractivity contribution in [2.24, 2.45) is 0 Å². The van der Waals surface area contributed by atoms with E-state index in [1.807, 2.05) is 0 Å². The van der Waals surface area contributed by atoms with Gasteiger partial charge in [0, 0.05) is 12.1 Å². The van der Waals surface area contributed by atoms with Crippen LogP contribution in [0.1, 0.15) is 21.5 Å². The van der Waals surface area contributed by atoms with E-state index >= 15 is 0 Å². The molecule has 1 aliphatic heterocycles. The minimum absolute atomic E-state index is 0.0761. The van der Waals surface area contributed by atoms with Crippen molar-refractivity contribution in [3.63, 3.8) is 0 Å².